The molecule has 0 atom stereocenters. The van der Waals surface area contributed by atoms with E-state index in [1.165, 1.54) is 88.0 Å². The van der Waals surface area contributed by atoms with Crippen LogP contribution in [0.25, 0.3) is 100 Å². The number of hydrogen-bond donors (Lipinski definition) is 0. The average Bonchev–Trinajstić information content (AvgIpc) is 3.26. The van der Waals surface area contributed by atoms with E-state index in [0.717, 1.165) is 22.3 Å². The molecule has 9 aromatic carbocycles. The molecule has 9 rings (SSSR count). The van der Waals surface area contributed by atoms with Crippen molar-refractivity contribution in [1.29, 1.82) is 0 Å². The van der Waals surface area contributed by atoms with E-state index in [-0.39, 0.29) is 0 Å². The summed E-state index contributed by atoms with van der Waals surface area (Å²) in [6.45, 7) is 16.8. The lowest BCUT2D eigenvalue weighted by molar-refractivity contribution is 1.46. The third-order valence-corrected chi connectivity index (χ3v) is 11.0. The fourth-order valence-electron chi connectivity index (χ4n) is 8.19. The molecule has 0 heterocycles. The summed E-state index contributed by atoms with van der Waals surface area (Å²) < 4.78 is 0. The first-order chi connectivity index (χ1) is 27.5. The highest BCUT2D eigenvalue weighted by molar-refractivity contribution is 6.13. The zero-order valence-corrected chi connectivity index (χ0v) is 32.7. The molecule has 0 nitrogen and oxygen atoms in total. The summed E-state index contributed by atoms with van der Waals surface area (Å²) in [6, 6.07) is 62.4. The van der Waals surface area contributed by atoms with Gasteiger partial charge in [-0.2, -0.15) is 0 Å². The number of benzene rings is 9. The van der Waals surface area contributed by atoms with Crippen molar-refractivity contribution < 1.29 is 0 Å². The van der Waals surface area contributed by atoms with E-state index >= 15 is 0 Å². The summed E-state index contributed by atoms with van der Waals surface area (Å²) in [6.07, 6.45) is 3.95. The quantitative estimate of drug-likeness (QED) is 0.154. The maximum Gasteiger partial charge on any atom is -0.00987 e. The van der Waals surface area contributed by atoms with Gasteiger partial charge < -0.3 is 0 Å². The van der Waals surface area contributed by atoms with Gasteiger partial charge in [0.1, 0.15) is 0 Å². The molecule has 0 aliphatic rings. The van der Waals surface area contributed by atoms with Crippen molar-refractivity contribution in [2.45, 2.75) is 27.7 Å². The first-order valence-electron chi connectivity index (χ1n) is 19.6. The first kappa shape index (κ1) is 36.2. The highest BCUT2D eigenvalue weighted by Gasteiger charge is 2.17. The predicted octanol–water partition coefficient (Wildman–Crippen LogP) is 16.4. The molecule has 0 N–H and O–H groups in total. The van der Waals surface area contributed by atoms with Crippen molar-refractivity contribution in [2.75, 3.05) is 0 Å². The Labute approximate surface area is 331 Å². The summed E-state index contributed by atoms with van der Waals surface area (Å²) in [5.41, 5.74) is 16.8. The van der Waals surface area contributed by atoms with Gasteiger partial charge in [-0.3, -0.25) is 0 Å². The molecule has 0 aliphatic carbocycles. The van der Waals surface area contributed by atoms with Crippen molar-refractivity contribution in [3.05, 3.63) is 205 Å². The Morgan fingerprint density at radius 3 is 1.20 bits per heavy atom. The summed E-state index contributed by atoms with van der Waals surface area (Å²) in [4.78, 5) is 0. The number of fused-ring (bicyclic) bond motifs is 3. The maximum absolute atomic E-state index is 4.27. The van der Waals surface area contributed by atoms with Crippen molar-refractivity contribution in [2.24, 2.45) is 0 Å². The molecule has 0 saturated carbocycles. The molecule has 0 bridgehead atoms. The van der Waals surface area contributed by atoms with Crippen LogP contribution in [-0.2, 0) is 0 Å². The van der Waals surface area contributed by atoms with E-state index in [9.17, 15) is 0 Å². The summed E-state index contributed by atoms with van der Waals surface area (Å²) in [5.74, 6) is 0. The van der Waals surface area contributed by atoms with Crippen LogP contribution in [0.5, 0.6) is 0 Å². The van der Waals surface area contributed by atoms with Crippen molar-refractivity contribution >= 4 is 44.5 Å². The minimum Gasteiger partial charge on any atom is -0.0984 e. The van der Waals surface area contributed by atoms with Gasteiger partial charge in [-0.05, 0) is 125 Å². The van der Waals surface area contributed by atoms with E-state index in [1.807, 2.05) is 26.0 Å². The van der Waals surface area contributed by atoms with Crippen LogP contribution in [0.4, 0.5) is 0 Å². The zero-order chi connectivity index (χ0) is 38.8. The molecule has 0 unspecified atom stereocenters. The molecule has 0 fully saturated rings. The van der Waals surface area contributed by atoms with Gasteiger partial charge in [0.2, 0.25) is 0 Å². The fourth-order valence-corrected chi connectivity index (χ4v) is 8.19. The number of hydrogen-bond acceptors (Lipinski definition) is 0. The monoisotopic (exact) mass is 718 g/mol. The van der Waals surface area contributed by atoms with E-state index in [0.29, 0.717) is 0 Å². The molecule has 270 valence electrons. The van der Waals surface area contributed by atoms with Crippen LogP contribution >= 0.6 is 0 Å². The second-order valence-electron chi connectivity index (χ2n) is 14.3. The lowest BCUT2D eigenvalue weighted by Gasteiger charge is -2.19. The Hall–Kier alpha value is -6.76. The van der Waals surface area contributed by atoms with Crippen LogP contribution in [0, 0.1) is 13.8 Å². The normalized spacial score (nSPS) is 11.0. The van der Waals surface area contributed by atoms with Gasteiger partial charge in [-0.1, -0.05) is 208 Å². The van der Waals surface area contributed by atoms with Gasteiger partial charge in [0.05, 0.1) is 0 Å². The number of rotatable bonds is 7. The highest BCUT2D eigenvalue weighted by Crippen LogP contribution is 2.43. The van der Waals surface area contributed by atoms with E-state index in [2.05, 4.69) is 197 Å². The van der Waals surface area contributed by atoms with Crippen LogP contribution in [-0.4, -0.2) is 0 Å². The summed E-state index contributed by atoms with van der Waals surface area (Å²) in [7, 11) is 0. The van der Waals surface area contributed by atoms with Crippen molar-refractivity contribution in [1.82, 2.24) is 0 Å². The largest absolute Gasteiger partial charge is 0.0984 e. The second-order valence-corrected chi connectivity index (χ2v) is 14.3. The second kappa shape index (κ2) is 15.5. The summed E-state index contributed by atoms with van der Waals surface area (Å²) >= 11 is 0. The third-order valence-electron chi connectivity index (χ3n) is 11.0. The molecule has 0 heteroatoms. The zero-order valence-electron chi connectivity index (χ0n) is 32.7. The molecular weight excluding hydrogens is 673 g/mol. The minimum atomic E-state index is 1.09. The molecule has 0 saturated heterocycles. The molecule has 9 aromatic rings. The molecule has 0 spiro atoms. The standard InChI is InChI=1S/C54H40.C2H6/c1-5-43-44(6-2)51(29-27-45(43)38-21-17-36(4)18-22-38)52-31-32-54(50-14-10-9-13-49(50)52)53-30-28-46(47-11-7-8-12-48(47)53)42-26-25-40-33-39(23-24-41(40)34-42)37-19-15-35(3)16-20-37;1-2/h5-34H,1-2H2,3-4H3;1-2H3. The molecule has 0 aromatic heterocycles. The Morgan fingerprint density at radius 2 is 0.679 bits per heavy atom. The maximum atomic E-state index is 4.27. The Morgan fingerprint density at radius 1 is 0.321 bits per heavy atom. The smallest absolute Gasteiger partial charge is 0.00987 e. The van der Waals surface area contributed by atoms with E-state index in [1.54, 1.807) is 0 Å². The van der Waals surface area contributed by atoms with Gasteiger partial charge in [-0.25, -0.2) is 0 Å². The van der Waals surface area contributed by atoms with Gasteiger partial charge in [0.25, 0.3) is 0 Å². The number of aryl methyl sites for hydroxylation is 2. The predicted molar refractivity (Wildman–Crippen MR) is 247 cm³/mol. The van der Waals surface area contributed by atoms with Gasteiger partial charge in [-0.15, -0.1) is 0 Å². The van der Waals surface area contributed by atoms with E-state index in [4.69, 9.17) is 0 Å². The topological polar surface area (TPSA) is 0 Å². The minimum absolute atomic E-state index is 1.09. The SMILES string of the molecule is C=Cc1c(-c2ccc(C)cc2)ccc(-c2ccc(-c3ccc(-c4ccc5cc(-c6ccc(C)cc6)ccc5c4)c4ccccc34)c3ccccc23)c1C=C.CC. The lowest BCUT2D eigenvalue weighted by Crippen LogP contribution is -1.94. The Bertz CT molecular complexity index is 2900. The van der Waals surface area contributed by atoms with Crippen molar-refractivity contribution in [3.63, 3.8) is 0 Å². The van der Waals surface area contributed by atoms with Gasteiger partial charge in [0.15, 0.2) is 0 Å². The summed E-state index contributed by atoms with van der Waals surface area (Å²) in [5, 5.41) is 7.41. The van der Waals surface area contributed by atoms with Crippen LogP contribution in [0.15, 0.2) is 183 Å². The molecule has 0 aliphatic heterocycles. The molecule has 56 heavy (non-hydrogen) atoms. The third kappa shape index (κ3) is 6.54. The van der Waals surface area contributed by atoms with Gasteiger partial charge >= 0.3 is 0 Å². The van der Waals surface area contributed by atoms with Crippen LogP contribution in [0.1, 0.15) is 36.1 Å². The van der Waals surface area contributed by atoms with Crippen LogP contribution in [0.2, 0.25) is 0 Å². The lowest BCUT2D eigenvalue weighted by atomic mass is 9.85. The van der Waals surface area contributed by atoms with Crippen LogP contribution < -0.4 is 0 Å². The van der Waals surface area contributed by atoms with Crippen LogP contribution in [0.3, 0.4) is 0 Å². The highest BCUT2D eigenvalue weighted by atomic mass is 14.2. The molecule has 0 amide bonds. The fraction of sp³-hybridized carbons (Fsp3) is 0.0714. The van der Waals surface area contributed by atoms with E-state index < -0.39 is 0 Å². The molecule has 0 radical (unpaired) electrons. The van der Waals surface area contributed by atoms with Gasteiger partial charge in [0, 0.05) is 0 Å². The Balaban J connectivity index is 0.00000217. The average molecular weight is 719 g/mol. The Kier molecular flexibility index (Phi) is 10.1. The van der Waals surface area contributed by atoms with Crippen molar-refractivity contribution in [3.8, 4) is 55.6 Å². The first-order valence-corrected chi connectivity index (χ1v) is 19.6. The molecular formula is C56H46.